The van der Waals surface area contributed by atoms with Gasteiger partial charge in [0.25, 0.3) is 5.24 Å². The van der Waals surface area contributed by atoms with E-state index in [0.29, 0.717) is 11.1 Å². The largest absolute Gasteiger partial charge is 0.462 e. The van der Waals surface area contributed by atoms with Gasteiger partial charge in [0.15, 0.2) is 0 Å². The Morgan fingerprint density at radius 3 is 2.41 bits per heavy atom. The van der Waals surface area contributed by atoms with Gasteiger partial charge in [-0.3, -0.25) is 9.78 Å². The number of fused-ring (bicyclic) bond motifs is 1. The summed E-state index contributed by atoms with van der Waals surface area (Å²) < 4.78 is 44.1. The number of nitrogens with one attached hydrogen (secondary N) is 1. The Morgan fingerprint density at radius 1 is 1.14 bits per heavy atom. The molecular weight excluding hydrogens is 409 g/mol. The van der Waals surface area contributed by atoms with E-state index in [9.17, 15) is 22.8 Å². The zero-order valence-electron chi connectivity index (χ0n) is 15.0. The van der Waals surface area contributed by atoms with Crippen LogP contribution in [0.3, 0.4) is 0 Å². The van der Waals surface area contributed by atoms with Gasteiger partial charge in [0.1, 0.15) is 5.56 Å². The van der Waals surface area contributed by atoms with Crippen molar-refractivity contribution in [2.75, 3.05) is 11.9 Å². The molecule has 1 heterocycles. The summed E-state index contributed by atoms with van der Waals surface area (Å²) in [5.41, 5.74) is 0.283. The van der Waals surface area contributed by atoms with Crippen molar-refractivity contribution in [1.29, 1.82) is 0 Å². The topological polar surface area (TPSA) is 68.3 Å². The minimum absolute atomic E-state index is 0.0583. The van der Waals surface area contributed by atoms with E-state index in [1.165, 1.54) is 24.4 Å². The first kappa shape index (κ1) is 20.6. The highest BCUT2D eigenvalue weighted by atomic mass is 35.5. The van der Waals surface area contributed by atoms with E-state index in [4.69, 9.17) is 16.3 Å². The minimum Gasteiger partial charge on any atom is -0.462 e. The second-order valence-electron chi connectivity index (χ2n) is 5.97. The molecule has 29 heavy (non-hydrogen) atoms. The van der Waals surface area contributed by atoms with Crippen molar-refractivity contribution >= 4 is 45.1 Å². The second kappa shape index (κ2) is 8.08. The highest BCUT2D eigenvalue weighted by Crippen LogP contribution is 2.35. The molecular formula is C20H14ClF3N2O3. The van der Waals surface area contributed by atoms with E-state index < -0.39 is 23.0 Å². The number of pyridine rings is 1. The molecule has 2 aromatic carbocycles. The molecule has 1 aromatic heterocycles. The fourth-order valence-corrected chi connectivity index (χ4v) is 2.82. The highest BCUT2D eigenvalue weighted by molar-refractivity contribution is 6.67. The number of carbonyl (C=O) groups excluding carboxylic acids is 2. The molecule has 0 bridgehead atoms. The molecule has 0 atom stereocenters. The Morgan fingerprint density at radius 2 is 1.83 bits per heavy atom. The maximum absolute atomic E-state index is 13.0. The van der Waals surface area contributed by atoms with Crippen LogP contribution in [-0.2, 0) is 10.9 Å². The number of anilines is 2. The summed E-state index contributed by atoms with van der Waals surface area (Å²) >= 11 is 5.43. The molecule has 0 unspecified atom stereocenters. The van der Waals surface area contributed by atoms with E-state index >= 15 is 0 Å². The predicted molar refractivity (Wildman–Crippen MR) is 103 cm³/mol. The first-order valence-electron chi connectivity index (χ1n) is 8.44. The van der Waals surface area contributed by atoms with Gasteiger partial charge < -0.3 is 10.1 Å². The van der Waals surface area contributed by atoms with Crippen molar-refractivity contribution < 1.29 is 27.5 Å². The van der Waals surface area contributed by atoms with E-state index in [1.54, 1.807) is 19.1 Å². The van der Waals surface area contributed by atoms with Crippen LogP contribution in [0.5, 0.6) is 0 Å². The number of nitrogens with zero attached hydrogens (tertiary/aromatic N) is 1. The third-order valence-corrected chi connectivity index (χ3v) is 4.29. The van der Waals surface area contributed by atoms with Crippen LogP contribution in [0.2, 0.25) is 0 Å². The molecule has 0 aliphatic rings. The number of aromatic nitrogens is 1. The van der Waals surface area contributed by atoms with Crippen molar-refractivity contribution in [3.8, 4) is 0 Å². The lowest BCUT2D eigenvalue weighted by atomic mass is 10.1. The molecule has 3 aromatic rings. The van der Waals surface area contributed by atoms with Crippen molar-refractivity contribution in [2.45, 2.75) is 13.1 Å². The number of carbonyl (C=O) groups is 2. The molecule has 150 valence electrons. The van der Waals surface area contributed by atoms with Crippen molar-refractivity contribution in [3.63, 3.8) is 0 Å². The molecule has 5 nitrogen and oxygen atoms in total. The fraction of sp³-hybridized carbons (Fsp3) is 0.150. The van der Waals surface area contributed by atoms with Gasteiger partial charge in [-0.25, -0.2) is 4.79 Å². The molecule has 9 heteroatoms. The minimum atomic E-state index is -4.52. The Bertz CT molecular complexity index is 1080. The predicted octanol–water partition coefficient (Wildman–Crippen LogP) is 5.55. The van der Waals surface area contributed by atoms with Gasteiger partial charge in [-0.1, -0.05) is 6.07 Å². The van der Waals surface area contributed by atoms with Crippen LogP contribution in [0.1, 0.15) is 33.2 Å². The Hall–Kier alpha value is -3.13. The van der Waals surface area contributed by atoms with E-state index in [0.717, 1.165) is 12.1 Å². The SMILES string of the molecule is CCOC(=O)c1cnc2cc(C(F)(F)F)ccc2c1Nc1ccc(C(=O)Cl)cc1. The molecule has 0 saturated heterocycles. The van der Waals surface area contributed by atoms with Crippen LogP contribution >= 0.6 is 11.6 Å². The zero-order valence-corrected chi connectivity index (χ0v) is 15.8. The summed E-state index contributed by atoms with van der Waals surface area (Å²) in [6.45, 7) is 1.76. The van der Waals surface area contributed by atoms with Gasteiger partial charge in [0.05, 0.1) is 23.4 Å². The Balaban J connectivity index is 2.12. The second-order valence-corrected chi connectivity index (χ2v) is 6.32. The standard InChI is InChI=1S/C20H14ClF3N2O3/c1-2-29-19(28)15-10-25-16-9-12(20(22,23)24)5-8-14(16)17(15)26-13-6-3-11(4-7-13)18(21)27/h3-10H,2H2,1H3,(H,25,26). The number of hydrogen-bond acceptors (Lipinski definition) is 5. The van der Waals surface area contributed by atoms with Crippen LogP contribution < -0.4 is 5.32 Å². The molecule has 0 radical (unpaired) electrons. The van der Waals surface area contributed by atoms with E-state index in [2.05, 4.69) is 10.3 Å². The number of esters is 1. The Labute approximate surface area is 168 Å². The molecule has 0 amide bonds. The quantitative estimate of drug-likeness (QED) is 0.431. The highest BCUT2D eigenvalue weighted by Gasteiger charge is 2.31. The van der Waals surface area contributed by atoms with Gasteiger partial charge in [-0.05, 0) is 54.9 Å². The van der Waals surface area contributed by atoms with Crippen molar-refractivity contribution in [2.24, 2.45) is 0 Å². The van der Waals surface area contributed by atoms with Gasteiger partial charge in [-0.2, -0.15) is 13.2 Å². The third kappa shape index (κ3) is 4.48. The van der Waals surface area contributed by atoms with Crippen LogP contribution in [0.25, 0.3) is 10.9 Å². The molecule has 1 N–H and O–H groups in total. The van der Waals surface area contributed by atoms with Gasteiger partial charge in [0, 0.05) is 22.8 Å². The summed E-state index contributed by atoms with van der Waals surface area (Å²) in [6, 6.07) is 9.14. The smallest absolute Gasteiger partial charge is 0.416 e. The molecule has 0 aliphatic heterocycles. The number of alkyl halides is 3. The van der Waals surface area contributed by atoms with Crippen LogP contribution in [0.15, 0.2) is 48.7 Å². The first-order chi connectivity index (χ1) is 13.7. The van der Waals surface area contributed by atoms with Gasteiger partial charge >= 0.3 is 12.1 Å². The summed E-state index contributed by atoms with van der Waals surface area (Å²) in [5.74, 6) is -0.670. The van der Waals surface area contributed by atoms with Crippen molar-refractivity contribution in [1.82, 2.24) is 4.98 Å². The van der Waals surface area contributed by atoms with Gasteiger partial charge in [-0.15, -0.1) is 0 Å². The number of ether oxygens (including phenoxy) is 1. The Kier molecular flexibility index (Phi) is 5.74. The van der Waals surface area contributed by atoms with Gasteiger partial charge in [0.2, 0.25) is 0 Å². The number of benzene rings is 2. The normalized spacial score (nSPS) is 11.3. The van der Waals surface area contributed by atoms with E-state index in [-0.39, 0.29) is 28.9 Å². The molecule has 0 aliphatic carbocycles. The summed E-state index contributed by atoms with van der Waals surface area (Å²) in [7, 11) is 0. The van der Waals surface area contributed by atoms with E-state index in [1.807, 2.05) is 0 Å². The van der Waals surface area contributed by atoms with Crippen LogP contribution in [0.4, 0.5) is 24.5 Å². The number of rotatable bonds is 5. The summed E-state index contributed by atoms with van der Waals surface area (Å²) in [6.07, 6.45) is -3.35. The number of halogens is 4. The summed E-state index contributed by atoms with van der Waals surface area (Å²) in [5, 5.41) is 2.68. The van der Waals surface area contributed by atoms with Crippen molar-refractivity contribution in [3.05, 3.63) is 65.4 Å². The maximum atomic E-state index is 13.0. The van der Waals surface area contributed by atoms with Crippen LogP contribution in [-0.4, -0.2) is 22.8 Å². The average Bonchev–Trinajstić information content (AvgIpc) is 2.67. The lowest BCUT2D eigenvalue weighted by Crippen LogP contribution is -2.10. The molecule has 3 rings (SSSR count). The monoisotopic (exact) mass is 422 g/mol. The lowest BCUT2D eigenvalue weighted by molar-refractivity contribution is -0.137. The maximum Gasteiger partial charge on any atom is 0.416 e. The molecule has 0 spiro atoms. The number of hydrogen-bond donors (Lipinski definition) is 1. The third-order valence-electron chi connectivity index (χ3n) is 4.07. The average molecular weight is 423 g/mol. The molecule has 0 saturated carbocycles. The zero-order chi connectivity index (χ0) is 21.2. The summed E-state index contributed by atoms with van der Waals surface area (Å²) in [4.78, 5) is 27.5. The lowest BCUT2D eigenvalue weighted by Gasteiger charge is -2.15. The van der Waals surface area contributed by atoms with Crippen LogP contribution in [0, 0.1) is 0 Å². The first-order valence-corrected chi connectivity index (χ1v) is 8.82. The molecule has 0 fully saturated rings. The fourth-order valence-electron chi connectivity index (χ4n) is 2.70.